The Morgan fingerprint density at radius 2 is 1.73 bits per heavy atom. The molecule has 0 radical (unpaired) electrons. The van der Waals surface area contributed by atoms with E-state index < -0.39 is 0 Å². The fourth-order valence-corrected chi connectivity index (χ4v) is 4.07. The molecule has 0 spiro atoms. The Labute approximate surface area is 192 Å². The van der Waals surface area contributed by atoms with E-state index in [1.807, 2.05) is 58.0 Å². The van der Waals surface area contributed by atoms with Crippen LogP contribution in [0.1, 0.15) is 24.8 Å². The molecule has 0 atom stereocenters. The lowest BCUT2D eigenvalue weighted by Crippen LogP contribution is -2.27. The summed E-state index contributed by atoms with van der Waals surface area (Å²) in [6, 6.07) is 20.2. The summed E-state index contributed by atoms with van der Waals surface area (Å²) in [5.41, 5.74) is 3.62. The van der Waals surface area contributed by atoms with Gasteiger partial charge in [0.15, 0.2) is 17.0 Å². The molecule has 1 aliphatic heterocycles. The summed E-state index contributed by atoms with van der Waals surface area (Å²) in [5.74, 6) is 1.49. The van der Waals surface area contributed by atoms with Gasteiger partial charge >= 0.3 is 0 Å². The molecule has 2 N–H and O–H groups in total. The maximum Gasteiger partial charge on any atom is 0.226 e. The number of nitrogens with one attached hydrogen (secondary N) is 2. The van der Waals surface area contributed by atoms with Gasteiger partial charge in [-0.25, -0.2) is 4.98 Å². The van der Waals surface area contributed by atoms with Gasteiger partial charge in [0.1, 0.15) is 6.33 Å². The van der Waals surface area contributed by atoms with E-state index in [0.29, 0.717) is 31.3 Å². The Morgan fingerprint density at radius 1 is 0.939 bits per heavy atom. The van der Waals surface area contributed by atoms with E-state index in [1.54, 1.807) is 6.33 Å². The quantitative estimate of drug-likeness (QED) is 0.384. The van der Waals surface area contributed by atoms with Gasteiger partial charge in [-0.2, -0.15) is 9.97 Å². The molecule has 0 unspecified atom stereocenters. The fraction of sp³-hybridized carbons (Fsp3) is 0.280. The van der Waals surface area contributed by atoms with Crippen LogP contribution in [0.4, 0.5) is 11.8 Å². The molecule has 0 saturated carbocycles. The molecule has 33 heavy (non-hydrogen) atoms. The van der Waals surface area contributed by atoms with Crippen LogP contribution < -0.4 is 10.6 Å². The molecule has 1 aliphatic rings. The first kappa shape index (κ1) is 20.9. The van der Waals surface area contributed by atoms with Gasteiger partial charge in [0.2, 0.25) is 11.9 Å². The fourth-order valence-electron chi connectivity index (χ4n) is 4.07. The Balaban J connectivity index is 1.38. The number of fused-ring (bicyclic) bond motifs is 1. The molecule has 3 heterocycles. The molecule has 168 valence electrons. The Morgan fingerprint density at radius 3 is 2.48 bits per heavy atom. The summed E-state index contributed by atoms with van der Waals surface area (Å²) in [4.78, 5) is 27.9. The minimum atomic E-state index is 0.256. The number of carbonyl (C=O) groups excluding carboxylic acids is 1. The van der Waals surface area contributed by atoms with Gasteiger partial charge < -0.3 is 15.5 Å². The van der Waals surface area contributed by atoms with Gasteiger partial charge in [0.05, 0.1) is 0 Å². The lowest BCUT2D eigenvalue weighted by molar-refractivity contribution is -0.127. The highest BCUT2D eigenvalue weighted by molar-refractivity contribution is 5.85. The van der Waals surface area contributed by atoms with Crippen molar-refractivity contribution in [2.45, 2.75) is 25.8 Å². The average molecular weight is 442 g/mol. The molecular weight excluding hydrogens is 414 g/mol. The Bertz CT molecular complexity index is 1220. The highest BCUT2D eigenvalue weighted by Crippen LogP contribution is 2.24. The number of hydrogen-bond acceptors (Lipinski definition) is 6. The second-order valence-corrected chi connectivity index (χ2v) is 8.12. The largest absolute Gasteiger partial charge is 0.364 e. The average Bonchev–Trinajstić information content (AvgIpc) is 3.47. The van der Waals surface area contributed by atoms with E-state index in [4.69, 9.17) is 9.97 Å². The number of amides is 1. The molecule has 5 rings (SSSR count). The van der Waals surface area contributed by atoms with Gasteiger partial charge in [0.25, 0.3) is 0 Å². The molecule has 1 fully saturated rings. The third-order valence-electron chi connectivity index (χ3n) is 5.79. The number of anilines is 2. The number of benzene rings is 2. The van der Waals surface area contributed by atoms with Gasteiger partial charge in [-0.15, -0.1) is 0 Å². The van der Waals surface area contributed by atoms with Crippen LogP contribution in [0.3, 0.4) is 0 Å². The number of nitrogens with zero attached hydrogens (tertiary/aromatic N) is 5. The molecule has 2 aromatic carbocycles. The zero-order chi connectivity index (χ0) is 22.5. The minimum Gasteiger partial charge on any atom is -0.364 e. The highest BCUT2D eigenvalue weighted by atomic mass is 16.2. The molecule has 1 saturated heterocycles. The second kappa shape index (κ2) is 9.68. The smallest absolute Gasteiger partial charge is 0.226 e. The summed E-state index contributed by atoms with van der Waals surface area (Å²) < 4.78 is 1.97. The van der Waals surface area contributed by atoms with Crippen LogP contribution in [0.15, 0.2) is 67.0 Å². The van der Waals surface area contributed by atoms with Crippen LogP contribution in [-0.4, -0.2) is 50.0 Å². The number of aromatic nitrogens is 4. The number of likely N-dealkylation sites (tertiary alicyclic amines) is 1. The van der Waals surface area contributed by atoms with Gasteiger partial charge in [-0.1, -0.05) is 48.5 Å². The third kappa shape index (κ3) is 4.79. The summed E-state index contributed by atoms with van der Waals surface area (Å²) in [6.45, 7) is 2.95. The third-order valence-corrected chi connectivity index (χ3v) is 5.79. The summed E-state index contributed by atoms with van der Waals surface area (Å²) in [5, 5.41) is 6.77. The molecule has 0 bridgehead atoms. The van der Waals surface area contributed by atoms with Crippen molar-refractivity contribution in [3.8, 4) is 5.69 Å². The van der Waals surface area contributed by atoms with E-state index in [9.17, 15) is 4.79 Å². The Kier molecular flexibility index (Phi) is 6.14. The van der Waals surface area contributed by atoms with Crippen LogP contribution in [0, 0.1) is 0 Å². The van der Waals surface area contributed by atoms with Crippen molar-refractivity contribution in [1.82, 2.24) is 24.4 Å². The summed E-state index contributed by atoms with van der Waals surface area (Å²) >= 11 is 0. The molecule has 2 aromatic heterocycles. The monoisotopic (exact) mass is 441 g/mol. The van der Waals surface area contributed by atoms with Crippen LogP contribution in [0.5, 0.6) is 0 Å². The van der Waals surface area contributed by atoms with Crippen LogP contribution >= 0.6 is 0 Å². The predicted octanol–water partition coefficient (Wildman–Crippen LogP) is 3.85. The van der Waals surface area contributed by atoms with Gasteiger partial charge in [-0.05, 0) is 30.5 Å². The van der Waals surface area contributed by atoms with E-state index in [1.165, 1.54) is 0 Å². The van der Waals surface area contributed by atoms with Crippen molar-refractivity contribution in [2.75, 3.05) is 30.3 Å². The zero-order valence-corrected chi connectivity index (χ0v) is 18.4. The second-order valence-electron chi connectivity index (χ2n) is 8.12. The summed E-state index contributed by atoms with van der Waals surface area (Å²) in [7, 11) is 0. The molecule has 8 nitrogen and oxygen atoms in total. The number of imidazole rings is 1. The predicted molar refractivity (Wildman–Crippen MR) is 129 cm³/mol. The number of para-hydroxylation sites is 1. The van der Waals surface area contributed by atoms with Crippen LogP contribution in [0.2, 0.25) is 0 Å². The highest BCUT2D eigenvalue weighted by Gasteiger charge is 2.19. The SMILES string of the molecule is O=C1CCCN1CCCNc1nc(NCc2ccccc2)c2ncn(-c3ccccc3)c2n1. The van der Waals surface area contributed by atoms with E-state index in [2.05, 4.69) is 27.8 Å². The normalized spacial score (nSPS) is 13.6. The van der Waals surface area contributed by atoms with E-state index in [-0.39, 0.29) is 5.91 Å². The van der Waals surface area contributed by atoms with Crippen molar-refractivity contribution in [3.63, 3.8) is 0 Å². The lowest BCUT2D eigenvalue weighted by Gasteiger charge is -2.15. The molecular formula is C25H27N7O. The first-order chi connectivity index (χ1) is 16.3. The summed E-state index contributed by atoms with van der Waals surface area (Å²) in [6.07, 6.45) is 4.27. The minimum absolute atomic E-state index is 0.256. The standard InChI is InChI=1S/C25H27N7O/c33-21-13-7-15-31(21)16-8-14-26-25-29-23(27-17-19-9-3-1-4-10-19)22-24(30-25)32(18-28-22)20-11-5-2-6-12-20/h1-6,9-12,18H,7-8,13-17H2,(H2,26,27,29,30). The first-order valence-electron chi connectivity index (χ1n) is 11.4. The first-order valence-corrected chi connectivity index (χ1v) is 11.4. The molecule has 0 aliphatic carbocycles. The zero-order valence-electron chi connectivity index (χ0n) is 18.4. The maximum atomic E-state index is 11.8. The van der Waals surface area contributed by atoms with Crippen molar-refractivity contribution in [3.05, 3.63) is 72.6 Å². The maximum absolute atomic E-state index is 11.8. The van der Waals surface area contributed by atoms with Crippen molar-refractivity contribution in [2.24, 2.45) is 0 Å². The van der Waals surface area contributed by atoms with Gasteiger partial charge in [0, 0.05) is 38.3 Å². The van der Waals surface area contributed by atoms with Gasteiger partial charge in [-0.3, -0.25) is 9.36 Å². The number of rotatable bonds is 9. The Hall–Kier alpha value is -3.94. The van der Waals surface area contributed by atoms with Crippen molar-refractivity contribution < 1.29 is 4.79 Å². The van der Waals surface area contributed by atoms with E-state index >= 15 is 0 Å². The molecule has 1 amide bonds. The van der Waals surface area contributed by atoms with Crippen LogP contribution in [-0.2, 0) is 11.3 Å². The van der Waals surface area contributed by atoms with Crippen LogP contribution in [0.25, 0.3) is 16.9 Å². The van der Waals surface area contributed by atoms with Crippen molar-refractivity contribution in [1.29, 1.82) is 0 Å². The number of carbonyl (C=O) groups is 1. The van der Waals surface area contributed by atoms with E-state index in [0.717, 1.165) is 48.3 Å². The molecule has 4 aromatic rings. The number of hydrogen-bond donors (Lipinski definition) is 2. The van der Waals surface area contributed by atoms with Crippen molar-refractivity contribution >= 4 is 28.8 Å². The molecule has 8 heteroatoms. The topological polar surface area (TPSA) is 88.0 Å². The lowest BCUT2D eigenvalue weighted by atomic mass is 10.2.